The van der Waals surface area contributed by atoms with Crippen LogP contribution in [0.25, 0.3) is 5.57 Å². The molecule has 0 amide bonds. The molecule has 2 rings (SSSR count). The van der Waals surface area contributed by atoms with E-state index in [1.165, 1.54) is 0 Å². The van der Waals surface area contributed by atoms with Gasteiger partial charge < -0.3 is 14.4 Å². The Labute approximate surface area is 157 Å². The van der Waals surface area contributed by atoms with Gasteiger partial charge in [0.25, 0.3) is 0 Å². The molecule has 0 aliphatic rings. The molecule has 0 aliphatic heterocycles. The van der Waals surface area contributed by atoms with Gasteiger partial charge in [-0.3, -0.25) is 0 Å². The average molecular weight is 407 g/mol. The summed E-state index contributed by atoms with van der Waals surface area (Å²) in [4.78, 5) is 15.2. The van der Waals surface area contributed by atoms with Crippen LogP contribution >= 0.6 is 15.9 Å². The minimum absolute atomic E-state index is 0.233. The first-order valence-corrected chi connectivity index (χ1v) is 8.87. The second-order valence-corrected chi connectivity index (χ2v) is 6.36. The second kappa shape index (κ2) is 8.29. The van der Waals surface area contributed by atoms with E-state index >= 15 is 0 Å². The summed E-state index contributed by atoms with van der Waals surface area (Å²) >= 11 is 3.53. The standard InChI is InChI=1S/C18H23BrN4O2/c1-7-23(8-2)17-20-12(5)21-18(22-17)25-16-14(19)9-13(11(3)4)10-15(16)24-6/h9-10H,3,7-8H2,1-2,4-6H3. The SMILES string of the molecule is C=C(C)c1cc(Br)c(Oc2nc(C)nc(N(CC)CC)n2)c(OC)c1. The van der Waals surface area contributed by atoms with Gasteiger partial charge in [-0.05, 0) is 61.3 Å². The van der Waals surface area contributed by atoms with Crippen molar-refractivity contribution in [3.8, 4) is 17.5 Å². The number of methoxy groups -OCH3 is 1. The van der Waals surface area contributed by atoms with Gasteiger partial charge in [0.1, 0.15) is 5.82 Å². The smallest absolute Gasteiger partial charge is 0.327 e. The van der Waals surface area contributed by atoms with Crippen LogP contribution in [0.4, 0.5) is 5.95 Å². The fraction of sp³-hybridized carbons (Fsp3) is 0.389. The Morgan fingerprint density at radius 1 is 1.20 bits per heavy atom. The summed E-state index contributed by atoms with van der Waals surface area (Å²) < 4.78 is 12.1. The van der Waals surface area contributed by atoms with E-state index in [2.05, 4.69) is 51.3 Å². The Morgan fingerprint density at radius 2 is 1.88 bits per heavy atom. The molecular weight excluding hydrogens is 384 g/mol. The number of hydrogen-bond acceptors (Lipinski definition) is 6. The van der Waals surface area contributed by atoms with E-state index < -0.39 is 0 Å². The summed E-state index contributed by atoms with van der Waals surface area (Å²) in [5, 5.41) is 0. The van der Waals surface area contributed by atoms with E-state index in [4.69, 9.17) is 9.47 Å². The molecule has 1 heterocycles. The van der Waals surface area contributed by atoms with Gasteiger partial charge in [-0.2, -0.15) is 15.0 Å². The van der Waals surface area contributed by atoms with Gasteiger partial charge in [-0.1, -0.05) is 12.2 Å². The summed E-state index contributed by atoms with van der Waals surface area (Å²) in [7, 11) is 1.59. The summed E-state index contributed by atoms with van der Waals surface area (Å²) in [6.45, 7) is 13.4. The Kier molecular flexibility index (Phi) is 6.36. The quantitative estimate of drug-likeness (QED) is 0.668. The summed E-state index contributed by atoms with van der Waals surface area (Å²) in [5.41, 5.74) is 1.90. The predicted molar refractivity (Wildman–Crippen MR) is 104 cm³/mol. The minimum atomic E-state index is 0.233. The maximum Gasteiger partial charge on any atom is 0.327 e. The lowest BCUT2D eigenvalue weighted by Crippen LogP contribution is -2.24. The molecule has 1 aromatic carbocycles. The molecule has 0 atom stereocenters. The van der Waals surface area contributed by atoms with Crippen LogP contribution in [-0.2, 0) is 0 Å². The van der Waals surface area contributed by atoms with E-state index in [1.54, 1.807) is 7.11 Å². The highest BCUT2D eigenvalue weighted by Crippen LogP contribution is 2.40. The lowest BCUT2D eigenvalue weighted by atomic mass is 10.1. The highest BCUT2D eigenvalue weighted by atomic mass is 79.9. The monoisotopic (exact) mass is 406 g/mol. The number of allylic oxidation sites excluding steroid dienone is 1. The molecular formula is C18H23BrN4O2. The fourth-order valence-corrected chi connectivity index (χ4v) is 2.82. The Bertz CT molecular complexity index is 776. The molecule has 0 spiro atoms. The van der Waals surface area contributed by atoms with Crippen molar-refractivity contribution >= 4 is 27.5 Å². The van der Waals surface area contributed by atoms with Crippen LogP contribution < -0.4 is 14.4 Å². The van der Waals surface area contributed by atoms with E-state index in [0.29, 0.717) is 23.3 Å². The zero-order valence-electron chi connectivity index (χ0n) is 15.3. The first-order valence-electron chi connectivity index (χ1n) is 8.08. The maximum absolute atomic E-state index is 5.94. The normalized spacial score (nSPS) is 10.5. The van der Waals surface area contributed by atoms with Gasteiger partial charge in [0, 0.05) is 13.1 Å². The van der Waals surface area contributed by atoms with Crippen molar-refractivity contribution in [2.75, 3.05) is 25.1 Å². The number of halogens is 1. The second-order valence-electron chi connectivity index (χ2n) is 5.51. The summed E-state index contributed by atoms with van der Waals surface area (Å²) in [5.74, 6) is 2.29. The van der Waals surface area contributed by atoms with Crippen molar-refractivity contribution < 1.29 is 9.47 Å². The van der Waals surface area contributed by atoms with Crippen LogP contribution in [0.1, 0.15) is 32.2 Å². The third-order valence-corrected chi connectivity index (χ3v) is 4.27. The molecule has 0 radical (unpaired) electrons. The highest BCUT2D eigenvalue weighted by molar-refractivity contribution is 9.10. The van der Waals surface area contributed by atoms with Crippen LogP contribution in [0.15, 0.2) is 23.2 Å². The van der Waals surface area contributed by atoms with Crippen molar-refractivity contribution in [1.29, 1.82) is 0 Å². The van der Waals surface area contributed by atoms with E-state index in [9.17, 15) is 0 Å². The zero-order chi connectivity index (χ0) is 18.6. The Morgan fingerprint density at radius 3 is 2.44 bits per heavy atom. The number of ether oxygens (including phenoxy) is 2. The molecule has 0 saturated carbocycles. The molecule has 7 heteroatoms. The molecule has 134 valence electrons. The Balaban J connectivity index is 2.44. The number of hydrogen-bond donors (Lipinski definition) is 0. The average Bonchev–Trinajstić information content (AvgIpc) is 2.57. The number of benzene rings is 1. The number of rotatable bonds is 7. The molecule has 0 bridgehead atoms. The van der Waals surface area contributed by atoms with E-state index in [-0.39, 0.29) is 6.01 Å². The molecule has 1 aromatic heterocycles. The lowest BCUT2D eigenvalue weighted by Gasteiger charge is -2.19. The summed E-state index contributed by atoms with van der Waals surface area (Å²) in [6.07, 6.45) is 0. The van der Waals surface area contributed by atoms with Gasteiger partial charge in [0.05, 0.1) is 11.6 Å². The number of aryl methyl sites for hydroxylation is 1. The van der Waals surface area contributed by atoms with Crippen LogP contribution in [0.5, 0.6) is 17.5 Å². The third-order valence-electron chi connectivity index (χ3n) is 3.68. The van der Waals surface area contributed by atoms with Gasteiger partial charge in [-0.15, -0.1) is 0 Å². The van der Waals surface area contributed by atoms with Gasteiger partial charge in [0.15, 0.2) is 11.5 Å². The van der Waals surface area contributed by atoms with Crippen LogP contribution in [0.3, 0.4) is 0 Å². The van der Waals surface area contributed by atoms with E-state index in [1.807, 2.05) is 30.9 Å². The fourth-order valence-electron chi connectivity index (χ4n) is 2.29. The molecule has 0 fully saturated rings. The van der Waals surface area contributed by atoms with Crippen molar-refractivity contribution in [3.05, 3.63) is 34.6 Å². The Hall–Kier alpha value is -2.15. The number of aromatic nitrogens is 3. The van der Waals surface area contributed by atoms with Crippen LogP contribution in [0.2, 0.25) is 0 Å². The predicted octanol–water partition coefficient (Wildman–Crippen LogP) is 4.62. The zero-order valence-corrected chi connectivity index (χ0v) is 16.8. The molecule has 0 aliphatic carbocycles. The molecule has 0 unspecified atom stereocenters. The van der Waals surface area contributed by atoms with Crippen molar-refractivity contribution in [1.82, 2.24) is 15.0 Å². The maximum atomic E-state index is 5.94. The number of anilines is 1. The van der Waals surface area contributed by atoms with E-state index in [0.717, 1.165) is 28.7 Å². The van der Waals surface area contributed by atoms with Gasteiger partial charge >= 0.3 is 6.01 Å². The molecule has 2 aromatic rings. The molecule has 25 heavy (non-hydrogen) atoms. The van der Waals surface area contributed by atoms with Crippen molar-refractivity contribution in [2.24, 2.45) is 0 Å². The van der Waals surface area contributed by atoms with Crippen LogP contribution in [0, 0.1) is 6.92 Å². The third kappa shape index (κ3) is 4.48. The van der Waals surface area contributed by atoms with Crippen molar-refractivity contribution in [2.45, 2.75) is 27.7 Å². The highest BCUT2D eigenvalue weighted by Gasteiger charge is 2.16. The van der Waals surface area contributed by atoms with Crippen molar-refractivity contribution in [3.63, 3.8) is 0 Å². The molecule has 0 saturated heterocycles. The number of nitrogens with zero attached hydrogens (tertiary/aromatic N) is 4. The minimum Gasteiger partial charge on any atom is -0.493 e. The largest absolute Gasteiger partial charge is 0.493 e. The topological polar surface area (TPSA) is 60.4 Å². The summed E-state index contributed by atoms with van der Waals surface area (Å²) in [6, 6.07) is 4.04. The van der Waals surface area contributed by atoms with Gasteiger partial charge in [-0.25, -0.2) is 0 Å². The molecule has 0 N–H and O–H groups in total. The molecule has 6 nitrogen and oxygen atoms in total. The first-order chi connectivity index (χ1) is 11.9. The van der Waals surface area contributed by atoms with Crippen LogP contribution in [-0.4, -0.2) is 35.2 Å². The van der Waals surface area contributed by atoms with Gasteiger partial charge in [0.2, 0.25) is 5.95 Å². The first kappa shape index (κ1) is 19.2. The lowest BCUT2D eigenvalue weighted by molar-refractivity contribution is 0.365.